The lowest BCUT2D eigenvalue weighted by Crippen LogP contribution is -2.34. The van der Waals surface area contributed by atoms with E-state index >= 15 is 0 Å². The first kappa shape index (κ1) is 12.4. The Kier molecular flexibility index (Phi) is 2.84. The number of nitrogens with zero attached hydrogens (tertiary/aromatic N) is 2. The maximum Gasteiger partial charge on any atom is 0.112 e. The number of imidazole rings is 1. The molecule has 0 aliphatic heterocycles. The third-order valence-corrected chi connectivity index (χ3v) is 5.31. The molecule has 2 saturated carbocycles. The third-order valence-electron chi connectivity index (χ3n) is 5.31. The Morgan fingerprint density at radius 2 is 1.90 bits per heavy atom. The number of fused-ring (bicyclic) bond motifs is 1. The van der Waals surface area contributed by atoms with Gasteiger partial charge in [-0.1, -0.05) is 18.9 Å². The van der Waals surface area contributed by atoms with Crippen LogP contribution in [0.3, 0.4) is 0 Å². The van der Waals surface area contributed by atoms with Crippen LogP contribution in [0.2, 0.25) is 0 Å². The lowest BCUT2D eigenvalue weighted by molar-refractivity contribution is 0.352. The van der Waals surface area contributed by atoms with Gasteiger partial charge in [-0.15, -0.1) is 0 Å². The van der Waals surface area contributed by atoms with Crippen LogP contribution in [0.25, 0.3) is 11.0 Å². The Bertz CT molecular complexity index is 631. The van der Waals surface area contributed by atoms with Crippen molar-refractivity contribution in [3.63, 3.8) is 0 Å². The Morgan fingerprint density at radius 3 is 2.60 bits per heavy atom. The zero-order chi connectivity index (χ0) is 13.7. The molecule has 0 saturated heterocycles. The fourth-order valence-corrected chi connectivity index (χ4v) is 3.97. The minimum Gasteiger partial charge on any atom is -0.331 e. The van der Waals surface area contributed by atoms with Gasteiger partial charge in [0.15, 0.2) is 0 Å². The average molecular weight is 269 g/mol. The van der Waals surface area contributed by atoms with Gasteiger partial charge in [0, 0.05) is 19.0 Å². The Labute approximate surface area is 120 Å². The Morgan fingerprint density at radius 1 is 1.15 bits per heavy atom. The van der Waals surface area contributed by atoms with Gasteiger partial charge in [-0.05, 0) is 49.3 Å². The van der Waals surface area contributed by atoms with Gasteiger partial charge in [0.25, 0.3) is 0 Å². The Balaban J connectivity index is 1.71. The molecule has 0 unspecified atom stereocenters. The third kappa shape index (κ3) is 1.87. The summed E-state index contributed by atoms with van der Waals surface area (Å²) in [5, 5.41) is 0. The number of rotatable bonds is 2. The van der Waals surface area contributed by atoms with Gasteiger partial charge < -0.3 is 10.3 Å². The van der Waals surface area contributed by atoms with E-state index in [1.807, 2.05) is 0 Å². The zero-order valence-corrected chi connectivity index (χ0v) is 12.2. The molecule has 3 nitrogen and oxygen atoms in total. The summed E-state index contributed by atoms with van der Waals surface area (Å²) in [6.07, 6.45) is 7.60. The summed E-state index contributed by atoms with van der Waals surface area (Å²) in [5.41, 5.74) is 9.79. The molecule has 2 aliphatic rings. The summed E-state index contributed by atoms with van der Waals surface area (Å²) >= 11 is 0. The van der Waals surface area contributed by atoms with E-state index in [1.54, 1.807) is 0 Å². The van der Waals surface area contributed by atoms with Crippen molar-refractivity contribution in [1.82, 2.24) is 9.55 Å². The van der Waals surface area contributed by atoms with E-state index in [9.17, 15) is 0 Å². The highest BCUT2D eigenvalue weighted by atomic mass is 15.1. The van der Waals surface area contributed by atoms with Gasteiger partial charge in [0.1, 0.15) is 5.82 Å². The molecule has 2 aliphatic carbocycles. The maximum atomic E-state index is 5.91. The monoisotopic (exact) mass is 269 g/mol. The van der Waals surface area contributed by atoms with Gasteiger partial charge in [0.2, 0.25) is 0 Å². The highest BCUT2D eigenvalue weighted by molar-refractivity contribution is 5.77. The smallest absolute Gasteiger partial charge is 0.112 e. The number of nitrogens with two attached hydrogens (primary N) is 1. The van der Waals surface area contributed by atoms with E-state index in [0.29, 0.717) is 17.9 Å². The van der Waals surface area contributed by atoms with Crippen LogP contribution in [0.15, 0.2) is 18.2 Å². The van der Waals surface area contributed by atoms with Gasteiger partial charge in [0.05, 0.1) is 11.0 Å². The van der Waals surface area contributed by atoms with Crippen LogP contribution in [-0.2, 0) is 7.05 Å². The first-order valence-electron chi connectivity index (χ1n) is 7.94. The minimum atomic E-state index is 0.411. The number of hydrogen-bond acceptors (Lipinski definition) is 2. The zero-order valence-electron chi connectivity index (χ0n) is 12.2. The van der Waals surface area contributed by atoms with E-state index < -0.39 is 0 Å². The van der Waals surface area contributed by atoms with Crippen LogP contribution in [0.1, 0.15) is 61.7 Å². The maximum absolute atomic E-state index is 5.91. The summed E-state index contributed by atoms with van der Waals surface area (Å²) in [4.78, 5) is 4.95. The normalized spacial score (nSPS) is 27.1. The molecular weight excluding hydrogens is 246 g/mol. The fourth-order valence-electron chi connectivity index (χ4n) is 3.97. The van der Waals surface area contributed by atoms with Crippen molar-refractivity contribution in [1.29, 1.82) is 0 Å². The van der Waals surface area contributed by atoms with Crippen molar-refractivity contribution in [3.8, 4) is 0 Å². The van der Waals surface area contributed by atoms with Crippen LogP contribution in [0.5, 0.6) is 0 Å². The van der Waals surface area contributed by atoms with Crippen LogP contribution >= 0.6 is 0 Å². The SMILES string of the molecule is Cn1c(C2CCCC2)nc2cc(C3CC(N)C3)ccc21. The Hall–Kier alpha value is -1.35. The predicted octanol–water partition coefficient (Wildman–Crippen LogP) is 3.44. The van der Waals surface area contributed by atoms with Gasteiger partial charge >= 0.3 is 0 Å². The summed E-state index contributed by atoms with van der Waals surface area (Å²) in [7, 11) is 2.17. The van der Waals surface area contributed by atoms with E-state index in [1.165, 1.54) is 48.1 Å². The van der Waals surface area contributed by atoms with Crippen molar-refractivity contribution in [2.45, 2.75) is 56.4 Å². The highest BCUT2D eigenvalue weighted by Gasteiger charge is 2.28. The average Bonchev–Trinajstić information content (AvgIpc) is 3.03. The molecule has 0 bridgehead atoms. The summed E-state index contributed by atoms with van der Waals surface area (Å²) in [6, 6.07) is 7.23. The number of aromatic nitrogens is 2. The lowest BCUT2D eigenvalue weighted by Gasteiger charge is -2.32. The molecule has 20 heavy (non-hydrogen) atoms. The minimum absolute atomic E-state index is 0.411. The second-order valence-electron chi connectivity index (χ2n) is 6.69. The summed E-state index contributed by atoms with van der Waals surface area (Å²) in [6.45, 7) is 0. The molecule has 1 aromatic carbocycles. The van der Waals surface area contributed by atoms with Crippen molar-refractivity contribution in [2.75, 3.05) is 0 Å². The first-order valence-corrected chi connectivity index (χ1v) is 7.94. The lowest BCUT2D eigenvalue weighted by atomic mass is 9.76. The molecule has 0 atom stereocenters. The van der Waals surface area contributed by atoms with Crippen LogP contribution in [0, 0.1) is 0 Å². The van der Waals surface area contributed by atoms with E-state index in [4.69, 9.17) is 10.7 Å². The molecule has 106 valence electrons. The molecule has 2 aromatic rings. The van der Waals surface area contributed by atoms with Crippen LogP contribution in [0.4, 0.5) is 0 Å². The van der Waals surface area contributed by atoms with Gasteiger partial charge in [-0.25, -0.2) is 4.98 Å². The van der Waals surface area contributed by atoms with Crippen LogP contribution < -0.4 is 5.73 Å². The number of aryl methyl sites for hydroxylation is 1. The second-order valence-corrected chi connectivity index (χ2v) is 6.69. The van der Waals surface area contributed by atoms with Crippen molar-refractivity contribution in [2.24, 2.45) is 12.8 Å². The summed E-state index contributed by atoms with van der Waals surface area (Å²) < 4.78 is 2.31. The highest BCUT2D eigenvalue weighted by Crippen LogP contribution is 2.38. The fraction of sp³-hybridized carbons (Fsp3) is 0.588. The van der Waals surface area contributed by atoms with E-state index in [2.05, 4.69) is 29.8 Å². The molecule has 0 spiro atoms. The standard InChI is InChI=1S/C17H23N3/c1-20-16-7-6-12(13-8-14(18)9-13)10-15(16)19-17(20)11-4-2-3-5-11/h6-7,10-11,13-14H,2-5,8-9,18H2,1H3. The number of benzene rings is 1. The second kappa shape index (κ2) is 4.59. The predicted molar refractivity (Wildman–Crippen MR) is 81.9 cm³/mol. The van der Waals surface area contributed by atoms with Crippen molar-refractivity contribution < 1.29 is 0 Å². The molecule has 1 heterocycles. The quantitative estimate of drug-likeness (QED) is 0.907. The van der Waals surface area contributed by atoms with Crippen LogP contribution in [-0.4, -0.2) is 15.6 Å². The molecule has 2 N–H and O–H groups in total. The van der Waals surface area contributed by atoms with Gasteiger partial charge in [-0.2, -0.15) is 0 Å². The molecule has 1 aromatic heterocycles. The molecular formula is C17H23N3. The molecule has 2 fully saturated rings. The molecule has 0 amide bonds. The molecule has 3 heteroatoms. The molecule has 0 radical (unpaired) electrons. The number of hydrogen-bond donors (Lipinski definition) is 1. The molecule has 4 rings (SSSR count). The summed E-state index contributed by atoms with van der Waals surface area (Å²) in [5.74, 6) is 2.62. The first-order chi connectivity index (χ1) is 9.72. The van der Waals surface area contributed by atoms with Crippen molar-refractivity contribution in [3.05, 3.63) is 29.6 Å². The largest absolute Gasteiger partial charge is 0.331 e. The van der Waals surface area contributed by atoms with Crippen molar-refractivity contribution >= 4 is 11.0 Å². The van der Waals surface area contributed by atoms with E-state index in [-0.39, 0.29) is 0 Å². The van der Waals surface area contributed by atoms with E-state index in [0.717, 1.165) is 12.8 Å². The topological polar surface area (TPSA) is 43.8 Å². The van der Waals surface area contributed by atoms with Gasteiger partial charge in [-0.3, -0.25) is 0 Å².